The number of ether oxygens (including phenoxy) is 1. The summed E-state index contributed by atoms with van der Waals surface area (Å²) in [5.74, 6) is 0. The molecule has 0 rings (SSSR count). The lowest BCUT2D eigenvalue weighted by molar-refractivity contribution is -0.133. The molecule has 0 spiro atoms. The van der Waals surface area contributed by atoms with Crippen molar-refractivity contribution in [3.05, 3.63) is 0 Å². The third kappa shape index (κ3) is 3.57. The van der Waals surface area contributed by atoms with Crippen molar-refractivity contribution in [2.45, 2.75) is 39.8 Å². The molecule has 0 bridgehead atoms. The van der Waals surface area contributed by atoms with E-state index in [1.165, 1.54) is 12.2 Å². The zero-order valence-corrected chi connectivity index (χ0v) is 8.33. The van der Waals surface area contributed by atoms with Crippen LogP contribution in [0.1, 0.15) is 27.7 Å². The predicted octanol–water partition coefficient (Wildman–Crippen LogP) is 1.80. The summed E-state index contributed by atoms with van der Waals surface area (Å²) in [5, 5.41) is 1.19. The molecule has 0 radical (unpaired) electrons. The Bertz CT molecular complexity index is 145. The van der Waals surface area contributed by atoms with Crippen LogP contribution in [0.3, 0.4) is 0 Å². The smallest absolute Gasteiger partial charge is 0.434 e. The second-order valence-electron chi connectivity index (χ2n) is 3.03. The molecular weight excluding hydrogens is 158 g/mol. The molecule has 0 unspecified atom stereocenters. The molecule has 0 atom stereocenters. The Morgan fingerprint density at radius 2 is 1.75 bits per heavy atom. The summed E-state index contributed by atoms with van der Waals surface area (Å²) in [5.41, 5.74) is 0. The average Bonchev–Trinajstić information content (AvgIpc) is 1.85. The number of carbonyl (C=O) groups is 1. The van der Waals surface area contributed by atoms with Gasteiger partial charge in [0.25, 0.3) is 0 Å². The van der Waals surface area contributed by atoms with Crippen molar-refractivity contribution in [2.24, 2.45) is 0 Å². The van der Waals surface area contributed by atoms with Crippen LogP contribution in [0, 0.1) is 0 Å². The molecule has 4 heteroatoms. The molecule has 0 saturated carbocycles. The minimum Gasteiger partial charge on any atom is -0.445 e. The third-order valence-corrected chi connectivity index (χ3v) is 1.18. The Labute approximate surface area is 73.4 Å². The van der Waals surface area contributed by atoms with Crippen LogP contribution in [0.15, 0.2) is 0 Å². The van der Waals surface area contributed by atoms with Crippen LogP contribution in [-0.2, 0) is 9.57 Å². The maximum Gasteiger partial charge on any atom is 0.434 e. The van der Waals surface area contributed by atoms with E-state index in [-0.39, 0.29) is 12.1 Å². The zero-order chi connectivity index (χ0) is 9.72. The van der Waals surface area contributed by atoms with Gasteiger partial charge in [-0.25, -0.2) is 4.79 Å². The molecule has 12 heavy (non-hydrogen) atoms. The summed E-state index contributed by atoms with van der Waals surface area (Å²) in [6, 6.07) is -0.0127. The highest BCUT2D eigenvalue weighted by Gasteiger charge is 2.18. The lowest BCUT2D eigenvalue weighted by atomic mass is 10.4. The van der Waals surface area contributed by atoms with Gasteiger partial charge in [-0.15, -0.1) is 0 Å². The molecule has 0 aromatic heterocycles. The van der Waals surface area contributed by atoms with Gasteiger partial charge in [0.2, 0.25) is 0 Å². The first kappa shape index (κ1) is 11.2. The Hall–Kier alpha value is -0.770. The van der Waals surface area contributed by atoms with Crippen molar-refractivity contribution in [3.63, 3.8) is 0 Å². The van der Waals surface area contributed by atoms with Crippen molar-refractivity contribution in [1.29, 1.82) is 0 Å². The van der Waals surface area contributed by atoms with Crippen molar-refractivity contribution in [3.8, 4) is 0 Å². The highest BCUT2D eigenvalue weighted by atomic mass is 16.7. The number of hydroxylamine groups is 2. The van der Waals surface area contributed by atoms with Crippen LogP contribution >= 0.6 is 0 Å². The molecule has 0 aromatic carbocycles. The summed E-state index contributed by atoms with van der Waals surface area (Å²) in [6.45, 7) is 7.30. The van der Waals surface area contributed by atoms with Crippen molar-refractivity contribution in [1.82, 2.24) is 5.06 Å². The Kier molecular flexibility index (Phi) is 4.66. The standard InChI is InChI=1S/C8H17NO3/c1-6(2)9(11-5)8(10)12-7(3)4/h6-7H,1-5H3. The summed E-state index contributed by atoms with van der Waals surface area (Å²) in [7, 11) is 1.45. The van der Waals surface area contributed by atoms with Crippen LogP contribution in [0.5, 0.6) is 0 Å². The second kappa shape index (κ2) is 4.98. The number of carbonyl (C=O) groups excluding carboxylic acids is 1. The largest absolute Gasteiger partial charge is 0.445 e. The molecule has 1 amide bonds. The number of rotatable bonds is 3. The van der Waals surface area contributed by atoms with Crippen LogP contribution < -0.4 is 0 Å². The highest BCUT2D eigenvalue weighted by molar-refractivity contribution is 5.66. The van der Waals surface area contributed by atoms with Gasteiger partial charge in [-0.05, 0) is 27.7 Å². The Balaban J connectivity index is 4.04. The monoisotopic (exact) mass is 175 g/mol. The summed E-state index contributed by atoms with van der Waals surface area (Å²) in [4.78, 5) is 16.0. The van der Waals surface area contributed by atoms with E-state index in [0.29, 0.717) is 0 Å². The average molecular weight is 175 g/mol. The van der Waals surface area contributed by atoms with Crippen LogP contribution in [-0.4, -0.2) is 30.4 Å². The van der Waals surface area contributed by atoms with Crippen LogP contribution in [0.4, 0.5) is 4.79 Å². The van der Waals surface area contributed by atoms with Gasteiger partial charge in [0.15, 0.2) is 0 Å². The number of nitrogens with zero attached hydrogens (tertiary/aromatic N) is 1. The normalized spacial score (nSPS) is 10.6. The minimum atomic E-state index is -0.442. The van der Waals surface area contributed by atoms with Gasteiger partial charge < -0.3 is 4.74 Å². The fourth-order valence-electron chi connectivity index (χ4n) is 0.750. The molecule has 0 aliphatic heterocycles. The van der Waals surface area contributed by atoms with E-state index in [2.05, 4.69) is 0 Å². The van der Waals surface area contributed by atoms with E-state index in [4.69, 9.17) is 9.57 Å². The van der Waals surface area contributed by atoms with Gasteiger partial charge in [0, 0.05) is 0 Å². The van der Waals surface area contributed by atoms with Gasteiger partial charge in [0.05, 0.1) is 19.3 Å². The molecule has 0 heterocycles. The maximum atomic E-state index is 11.2. The quantitative estimate of drug-likeness (QED) is 0.614. The number of hydrogen-bond donors (Lipinski definition) is 0. The van der Waals surface area contributed by atoms with E-state index in [1.807, 2.05) is 13.8 Å². The summed E-state index contributed by atoms with van der Waals surface area (Å²) >= 11 is 0. The molecule has 72 valence electrons. The first-order chi connectivity index (χ1) is 5.49. The first-order valence-electron chi connectivity index (χ1n) is 4.03. The highest BCUT2D eigenvalue weighted by Crippen LogP contribution is 2.03. The zero-order valence-electron chi connectivity index (χ0n) is 8.33. The van der Waals surface area contributed by atoms with E-state index in [9.17, 15) is 4.79 Å². The predicted molar refractivity (Wildman–Crippen MR) is 45.6 cm³/mol. The molecule has 0 saturated heterocycles. The van der Waals surface area contributed by atoms with Gasteiger partial charge in [-0.3, -0.25) is 4.84 Å². The number of amides is 1. The van der Waals surface area contributed by atoms with E-state index < -0.39 is 6.09 Å². The molecule has 0 aromatic rings. The first-order valence-corrected chi connectivity index (χ1v) is 4.03. The Morgan fingerprint density at radius 1 is 1.25 bits per heavy atom. The molecule has 0 N–H and O–H groups in total. The van der Waals surface area contributed by atoms with Crippen LogP contribution in [0.25, 0.3) is 0 Å². The molecule has 0 aliphatic rings. The summed E-state index contributed by atoms with van der Waals surface area (Å²) in [6.07, 6.45) is -0.559. The van der Waals surface area contributed by atoms with Crippen molar-refractivity contribution < 1.29 is 14.4 Å². The summed E-state index contributed by atoms with van der Waals surface area (Å²) < 4.78 is 4.93. The van der Waals surface area contributed by atoms with E-state index >= 15 is 0 Å². The topological polar surface area (TPSA) is 38.8 Å². The molecular formula is C8H17NO3. The van der Waals surface area contributed by atoms with E-state index in [1.54, 1.807) is 13.8 Å². The van der Waals surface area contributed by atoms with Gasteiger partial charge in [0.1, 0.15) is 0 Å². The third-order valence-electron chi connectivity index (χ3n) is 1.18. The second-order valence-corrected chi connectivity index (χ2v) is 3.03. The molecule has 0 fully saturated rings. The van der Waals surface area contributed by atoms with Crippen LogP contribution in [0.2, 0.25) is 0 Å². The van der Waals surface area contributed by atoms with Gasteiger partial charge in [-0.2, -0.15) is 5.06 Å². The van der Waals surface area contributed by atoms with Crippen molar-refractivity contribution >= 4 is 6.09 Å². The lowest BCUT2D eigenvalue weighted by Gasteiger charge is -2.23. The number of hydrogen-bond acceptors (Lipinski definition) is 3. The SMILES string of the molecule is CON(C(=O)OC(C)C)C(C)C. The fourth-order valence-corrected chi connectivity index (χ4v) is 0.750. The Morgan fingerprint density at radius 3 is 2.00 bits per heavy atom. The van der Waals surface area contributed by atoms with Crippen molar-refractivity contribution in [2.75, 3.05) is 7.11 Å². The molecule has 0 aliphatic carbocycles. The molecule has 4 nitrogen and oxygen atoms in total. The van der Waals surface area contributed by atoms with Gasteiger partial charge >= 0.3 is 6.09 Å². The van der Waals surface area contributed by atoms with Gasteiger partial charge in [-0.1, -0.05) is 0 Å². The lowest BCUT2D eigenvalue weighted by Crippen LogP contribution is -2.37. The fraction of sp³-hybridized carbons (Fsp3) is 0.875. The maximum absolute atomic E-state index is 11.2. The minimum absolute atomic E-state index is 0.0127. The van der Waals surface area contributed by atoms with E-state index in [0.717, 1.165) is 0 Å².